The largest absolute Gasteiger partial charge is 0.457 e. The third kappa shape index (κ3) is 7.44. The second kappa shape index (κ2) is 12.1. The Morgan fingerprint density at radius 2 is 1.54 bits per heavy atom. The van der Waals surface area contributed by atoms with E-state index in [-0.39, 0.29) is 11.0 Å². The summed E-state index contributed by atoms with van der Waals surface area (Å²) in [6, 6.07) is 22.1. The van der Waals surface area contributed by atoms with E-state index in [9.17, 15) is 9.59 Å². The molecule has 4 aromatic rings. The molecule has 186 valence electrons. The van der Waals surface area contributed by atoms with Crippen LogP contribution in [0, 0.1) is 0 Å². The maximum absolute atomic E-state index is 12.4. The number of benzene rings is 3. The highest BCUT2D eigenvalue weighted by molar-refractivity contribution is 7.80. The molecule has 2 amide bonds. The van der Waals surface area contributed by atoms with Crippen molar-refractivity contribution < 1.29 is 14.0 Å². The third-order valence-corrected chi connectivity index (χ3v) is 5.91. The van der Waals surface area contributed by atoms with Crippen molar-refractivity contribution in [3.05, 3.63) is 111 Å². The van der Waals surface area contributed by atoms with Crippen LogP contribution in [0.3, 0.4) is 0 Å². The SMILES string of the molecule is O=C(/C=C/c1ccc(-c2ccc(Cl)cc2Cl)o1)NC(=S)Nc1cccc(NC(=O)c2cccc(Cl)c2)c1. The van der Waals surface area contributed by atoms with Gasteiger partial charge in [-0.15, -0.1) is 0 Å². The summed E-state index contributed by atoms with van der Waals surface area (Å²) in [7, 11) is 0. The Balaban J connectivity index is 1.32. The molecule has 10 heteroatoms. The first kappa shape index (κ1) is 26.4. The van der Waals surface area contributed by atoms with Crippen LogP contribution in [-0.4, -0.2) is 16.9 Å². The smallest absolute Gasteiger partial charge is 0.255 e. The molecule has 0 saturated carbocycles. The van der Waals surface area contributed by atoms with Crippen LogP contribution in [0.2, 0.25) is 15.1 Å². The molecule has 1 heterocycles. The van der Waals surface area contributed by atoms with Crippen LogP contribution in [-0.2, 0) is 4.79 Å². The van der Waals surface area contributed by atoms with Crippen LogP contribution in [0.15, 0.2) is 89.4 Å². The molecule has 0 aliphatic heterocycles. The average molecular weight is 571 g/mol. The van der Waals surface area contributed by atoms with Crippen molar-refractivity contribution >= 4 is 81.4 Å². The summed E-state index contributed by atoms with van der Waals surface area (Å²) in [6.45, 7) is 0. The van der Waals surface area contributed by atoms with E-state index in [0.29, 0.717) is 49.1 Å². The van der Waals surface area contributed by atoms with E-state index in [2.05, 4.69) is 16.0 Å². The fourth-order valence-corrected chi connectivity index (χ4v) is 4.17. The molecule has 3 aromatic carbocycles. The normalized spacial score (nSPS) is 10.8. The Kier molecular flexibility index (Phi) is 8.63. The number of furan rings is 1. The minimum atomic E-state index is -0.453. The van der Waals surface area contributed by atoms with Crippen molar-refractivity contribution in [3.8, 4) is 11.3 Å². The summed E-state index contributed by atoms with van der Waals surface area (Å²) in [5.74, 6) is 0.241. The van der Waals surface area contributed by atoms with Gasteiger partial charge in [0.1, 0.15) is 11.5 Å². The van der Waals surface area contributed by atoms with Gasteiger partial charge in [-0.1, -0.05) is 46.9 Å². The summed E-state index contributed by atoms with van der Waals surface area (Å²) in [5.41, 5.74) is 2.24. The molecule has 0 atom stereocenters. The van der Waals surface area contributed by atoms with Crippen molar-refractivity contribution in [1.29, 1.82) is 0 Å². The highest BCUT2D eigenvalue weighted by Gasteiger charge is 2.10. The van der Waals surface area contributed by atoms with Gasteiger partial charge in [0.15, 0.2) is 5.11 Å². The second-order valence-electron chi connectivity index (χ2n) is 7.65. The monoisotopic (exact) mass is 569 g/mol. The van der Waals surface area contributed by atoms with Gasteiger partial charge in [-0.2, -0.15) is 0 Å². The number of hydrogen-bond donors (Lipinski definition) is 3. The van der Waals surface area contributed by atoms with Crippen LogP contribution in [0.25, 0.3) is 17.4 Å². The zero-order chi connectivity index (χ0) is 26.4. The van der Waals surface area contributed by atoms with Crippen molar-refractivity contribution in [2.24, 2.45) is 0 Å². The molecule has 0 fully saturated rings. The van der Waals surface area contributed by atoms with Gasteiger partial charge in [0.05, 0.1) is 5.02 Å². The third-order valence-electron chi connectivity index (χ3n) is 4.92. The predicted octanol–water partition coefficient (Wildman–Crippen LogP) is 7.69. The lowest BCUT2D eigenvalue weighted by atomic mass is 10.2. The van der Waals surface area contributed by atoms with Crippen LogP contribution >= 0.6 is 47.0 Å². The molecule has 0 saturated heterocycles. The standard InChI is InChI=1S/C27H18Cl3N3O3S/c28-17-4-1-3-16(13-17)26(35)31-19-5-2-6-20(15-19)32-27(37)33-25(34)12-9-21-8-11-24(36-21)22-10-7-18(29)14-23(22)30/h1-15H,(H,31,35)(H2,32,33,34,37)/b12-9+. The van der Waals surface area contributed by atoms with Crippen LogP contribution in [0.1, 0.15) is 16.1 Å². The van der Waals surface area contributed by atoms with Gasteiger partial charge in [-0.25, -0.2) is 0 Å². The zero-order valence-corrected chi connectivity index (χ0v) is 22.0. The number of carbonyl (C=O) groups is 2. The van der Waals surface area contributed by atoms with Gasteiger partial charge >= 0.3 is 0 Å². The summed E-state index contributed by atoms with van der Waals surface area (Å²) >= 11 is 23.3. The fourth-order valence-electron chi connectivity index (χ4n) is 3.26. The molecule has 0 bridgehead atoms. The minimum absolute atomic E-state index is 0.0843. The number of carbonyl (C=O) groups excluding carboxylic acids is 2. The van der Waals surface area contributed by atoms with Gasteiger partial charge < -0.3 is 15.1 Å². The quantitative estimate of drug-likeness (QED) is 0.164. The summed E-state index contributed by atoms with van der Waals surface area (Å²) < 4.78 is 5.74. The summed E-state index contributed by atoms with van der Waals surface area (Å²) in [5, 5.41) is 9.80. The second-order valence-corrected chi connectivity index (χ2v) is 9.34. The predicted molar refractivity (Wildman–Crippen MR) is 153 cm³/mol. The van der Waals surface area contributed by atoms with E-state index in [1.807, 2.05) is 0 Å². The van der Waals surface area contributed by atoms with E-state index in [0.717, 1.165) is 0 Å². The maximum atomic E-state index is 12.4. The Bertz CT molecular complexity index is 1520. The van der Waals surface area contributed by atoms with Crippen molar-refractivity contribution in [3.63, 3.8) is 0 Å². The average Bonchev–Trinajstić information content (AvgIpc) is 3.31. The highest BCUT2D eigenvalue weighted by atomic mass is 35.5. The van der Waals surface area contributed by atoms with Gasteiger partial charge in [0, 0.05) is 38.6 Å². The molecule has 3 N–H and O–H groups in total. The molecule has 0 aliphatic carbocycles. The Hall–Kier alpha value is -3.62. The lowest BCUT2D eigenvalue weighted by Crippen LogP contribution is -2.32. The van der Waals surface area contributed by atoms with E-state index >= 15 is 0 Å². The van der Waals surface area contributed by atoms with Gasteiger partial charge in [0.25, 0.3) is 5.91 Å². The Morgan fingerprint density at radius 3 is 2.30 bits per heavy atom. The molecule has 1 aromatic heterocycles. The molecule has 0 radical (unpaired) electrons. The van der Waals surface area contributed by atoms with Gasteiger partial charge in [0.2, 0.25) is 5.91 Å². The maximum Gasteiger partial charge on any atom is 0.255 e. The molecule has 0 unspecified atom stereocenters. The number of amides is 2. The van der Waals surface area contributed by atoms with E-state index < -0.39 is 5.91 Å². The minimum Gasteiger partial charge on any atom is -0.457 e. The Morgan fingerprint density at radius 1 is 0.811 bits per heavy atom. The number of halogens is 3. The molecular formula is C27H18Cl3N3O3S. The first-order valence-electron chi connectivity index (χ1n) is 10.8. The summed E-state index contributed by atoms with van der Waals surface area (Å²) in [4.78, 5) is 24.8. The summed E-state index contributed by atoms with van der Waals surface area (Å²) in [6.07, 6.45) is 2.80. The fraction of sp³-hybridized carbons (Fsp3) is 0. The van der Waals surface area contributed by atoms with Crippen LogP contribution < -0.4 is 16.0 Å². The van der Waals surface area contributed by atoms with Crippen molar-refractivity contribution in [2.75, 3.05) is 10.6 Å². The molecule has 0 spiro atoms. The van der Waals surface area contributed by atoms with E-state index in [1.165, 1.54) is 12.2 Å². The first-order valence-corrected chi connectivity index (χ1v) is 12.3. The molecular weight excluding hydrogens is 553 g/mol. The van der Waals surface area contributed by atoms with Crippen molar-refractivity contribution in [2.45, 2.75) is 0 Å². The van der Waals surface area contributed by atoms with Gasteiger partial charge in [-0.3, -0.25) is 14.9 Å². The van der Waals surface area contributed by atoms with Crippen LogP contribution in [0.5, 0.6) is 0 Å². The zero-order valence-electron chi connectivity index (χ0n) is 18.9. The van der Waals surface area contributed by atoms with Crippen LogP contribution in [0.4, 0.5) is 11.4 Å². The highest BCUT2D eigenvalue weighted by Crippen LogP contribution is 2.31. The number of anilines is 2. The first-order chi connectivity index (χ1) is 17.8. The number of rotatable bonds is 6. The van der Waals surface area contributed by atoms with Crippen molar-refractivity contribution in [1.82, 2.24) is 5.32 Å². The Labute approximate surface area is 233 Å². The number of hydrogen-bond acceptors (Lipinski definition) is 4. The topological polar surface area (TPSA) is 83.4 Å². The van der Waals surface area contributed by atoms with E-state index in [1.54, 1.807) is 78.9 Å². The molecule has 37 heavy (non-hydrogen) atoms. The molecule has 0 aliphatic rings. The lowest BCUT2D eigenvalue weighted by molar-refractivity contribution is -0.115. The number of thiocarbonyl (C=S) groups is 1. The number of nitrogens with one attached hydrogen (secondary N) is 3. The van der Waals surface area contributed by atoms with Gasteiger partial charge in [-0.05, 0) is 85.0 Å². The molecule has 6 nitrogen and oxygen atoms in total. The molecule has 4 rings (SSSR count). The lowest BCUT2D eigenvalue weighted by Gasteiger charge is -2.11. The van der Waals surface area contributed by atoms with E-state index in [4.69, 9.17) is 51.4 Å².